The minimum Gasteiger partial charge on any atom is -0.375 e. The van der Waals surface area contributed by atoms with Crippen molar-refractivity contribution in [3.63, 3.8) is 0 Å². The number of nitrogens with zero attached hydrogens (tertiary/aromatic N) is 1. The van der Waals surface area contributed by atoms with Gasteiger partial charge in [-0.1, -0.05) is 41.0 Å². The molecule has 0 saturated carbocycles. The number of nitrogens with one attached hydrogen (secondary N) is 1. The van der Waals surface area contributed by atoms with E-state index in [-0.39, 0.29) is 41.8 Å². The molecule has 1 N–H and O–H groups in total. The molecule has 0 aliphatic carbocycles. The monoisotopic (exact) mass is 394 g/mol. The van der Waals surface area contributed by atoms with Crippen LogP contribution < -0.4 is 5.32 Å². The van der Waals surface area contributed by atoms with Gasteiger partial charge in [-0.15, -0.1) is 0 Å². The van der Waals surface area contributed by atoms with Gasteiger partial charge in [-0.25, -0.2) is 0 Å². The fourth-order valence-corrected chi connectivity index (χ4v) is 3.18. The Hall–Kier alpha value is -1.69. The molecule has 6 heteroatoms. The summed E-state index contributed by atoms with van der Waals surface area (Å²) in [4.78, 5) is 36.2. The van der Waals surface area contributed by atoms with Crippen molar-refractivity contribution in [1.82, 2.24) is 10.2 Å². The molecule has 1 aliphatic heterocycles. The lowest BCUT2D eigenvalue weighted by Gasteiger charge is -2.35. The van der Waals surface area contributed by atoms with Gasteiger partial charge in [-0.3, -0.25) is 19.3 Å². The van der Waals surface area contributed by atoms with Crippen molar-refractivity contribution in [2.45, 2.75) is 79.2 Å². The average Bonchev–Trinajstić information content (AvgIpc) is 2.98. The molecule has 2 atom stereocenters. The van der Waals surface area contributed by atoms with E-state index in [0.717, 1.165) is 24.2 Å². The molecule has 0 aromatic heterocycles. The van der Waals surface area contributed by atoms with Crippen LogP contribution >= 0.6 is 0 Å². The minimum absolute atomic E-state index is 0.0871. The van der Waals surface area contributed by atoms with Crippen LogP contribution in [0.25, 0.3) is 0 Å². The molecular weight excluding hydrogens is 356 g/mol. The maximum atomic E-state index is 12.1. The van der Waals surface area contributed by atoms with Gasteiger partial charge in [-0.2, -0.15) is 0 Å². The van der Waals surface area contributed by atoms with Gasteiger partial charge in [0.2, 0.25) is 5.91 Å². The Labute approximate surface area is 170 Å². The van der Waals surface area contributed by atoms with Crippen molar-refractivity contribution in [3.05, 3.63) is 12.2 Å². The van der Waals surface area contributed by atoms with Crippen LogP contribution in [0.3, 0.4) is 0 Å². The fraction of sp³-hybridized carbons (Fsp3) is 0.773. The first kappa shape index (κ1) is 24.3. The zero-order chi connectivity index (χ0) is 21.4. The van der Waals surface area contributed by atoms with Crippen molar-refractivity contribution in [3.8, 4) is 0 Å². The Morgan fingerprint density at radius 2 is 1.71 bits per heavy atom. The van der Waals surface area contributed by atoms with Gasteiger partial charge >= 0.3 is 0 Å². The molecule has 160 valence electrons. The van der Waals surface area contributed by atoms with E-state index in [0.29, 0.717) is 25.4 Å². The number of amides is 3. The second-order valence-corrected chi connectivity index (χ2v) is 8.58. The largest absolute Gasteiger partial charge is 0.375 e. The van der Waals surface area contributed by atoms with E-state index in [1.54, 1.807) is 0 Å². The lowest BCUT2D eigenvalue weighted by Crippen LogP contribution is -2.39. The predicted octanol–water partition coefficient (Wildman–Crippen LogP) is 3.46. The van der Waals surface area contributed by atoms with Crippen molar-refractivity contribution < 1.29 is 19.1 Å². The van der Waals surface area contributed by atoms with Crippen molar-refractivity contribution in [2.75, 3.05) is 19.7 Å². The summed E-state index contributed by atoms with van der Waals surface area (Å²) in [7, 11) is 0. The first-order chi connectivity index (χ1) is 13.1. The molecule has 0 saturated heterocycles. The number of carbonyl (C=O) groups excluding carboxylic acids is 3. The molecule has 1 rings (SSSR count). The fourth-order valence-electron chi connectivity index (χ4n) is 3.18. The van der Waals surface area contributed by atoms with Crippen molar-refractivity contribution >= 4 is 17.7 Å². The topological polar surface area (TPSA) is 75.7 Å². The number of hydrogen-bond donors (Lipinski definition) is 1. The summed E-state index contributed by atoms with van der Waals surface area (Å²) in [6.07, 6.45) is 6.47. The standard InChI is InChI=1S/C22H38N2O4/c1-7-21(5,17(3)4)13-16-28-22(6,8-2)12-11-18(25)23-14-15-24-19(26)9-10-20(24)27/h9-10,17H,7-8,11-16H2,1-6H3,(H,23,25). The van der Waals surface area contributed by atoms with Crippen LogP contribution in [-0.2, 0) is 19.1 Å². The molecule has 28 heavy (non-hydrogen) atoms. The number of hydrogen-bond acceptors (Lipinski definition) is 4. The number of rotatable bonds is 13. The summed E-state index contributed by atoms with van der Waals surface area (Å²) >= 11 is 0. The maximum absolute atomic E-state index is 12.1. The van der Waals surface area contributed by atoms with Crippen molar-refractivity contribution in [2.24, 2.45) is 11.3 Å². The van der Waals surface area contributed by atoms with E-state index < -0.39 is 0 Å². The highest BCUT2D eigenvalue weighted by Gasteiger charge is 2.29. The highest BCUT2D eigenvalue weighted by atomic mass is 16.5. The Balaban J connectivity index is 2.35. The van der Waals surface area contributed by atoms with Crippen LogP contribution in [0.4, 0.5) is 0 Å². The maximum Gasteiger partial charge on any atom is 0.253 e. The normalized spacial score (nSPS) is 18.5. The van der Waals surface area contributed by atoms with E-state index in [1.165, 1.54) is 12.2 Å². The van der Waals surface area contributed by atoms with E-state index in [9.17, 15) is 14.4 Å². The summed E-state index contributed by atoms with van der Waals surface area (Å²) in [5.74, 6) is -0.140. The summed E-state index contributed by atoms with van der Waals surface area (Å²) in [6, 6.07) is 0. The van der Waals surface area contributed by atoms with Crippen LogP contribution in [0, 0.1) is 11.3 Å². The Morgan fingerprint density at radius 3 is 2.21 bits per heavy atom. The van der Waals surface area contributed by atoms with Gasteiger partial charge in [0.25, 0.3) is 11.8 Å². The quantitative estimate of drug-likeness (QED) is 0.486. The minimum atomic E-state index is -0.327. The average molecular weight is 395 g/mol. The molecule has 0 aromatic carbocycles. The molecule has 0 radical (unpaired) electrons. The smallest absolute Gasteiger partial charge is 0.253 e. The van der Waals surface area contributed by atoms with Crippen LogP contribution in [0.15, 0.2) is 12.2 Å². The first-order valence-electron chi connectivity index (χ1n) is 10.5. The van der Waals surface area contributed by atoms with E-state index in [4.69, 9.17) is 4.74 Å². The lowest BCUT2D eigenvalue weighted by molar-refractivity contribution is -0.137. The summed E-state index contributed by atoms with van der Waals surface area (Å²) in [6.45, 7) is 14.3. The lowest BCUT2D eigenvalue weighted by atomic mass is 9.74. The van der Waals surface area contributed by atoms with Crippen LogP contribution in [0.5, 0.6) is 0 Å². The molecular formula is C22H38N2O4. The van der Waals surface area contributed by atoms with Gasteiger partial charge in [0, 0.05) is 38.3 Å². The van der Waals surface area contributed by atoms with Gasteiger partial charge in [0.05, 0.1) is 5.60 Å². The second-order valence-electron chi connectivity index (χ2n) is 8.58. The summed E-state index contributed by atoms with van der Waals surface area (Å²) in [5, 5.41) is 2.78. The first-order valence-corrected chi connectivity index (χ1v) is 10.5. The summed E-state index contributed by atoms with van der Waals surface area (Å²) < 4.78 is 6.20. The molecule has 1 aliphatic rings. The number of carbonyl (C=O) groups is 3. The number of imide groups is 1. The molecule has 0 bridgehead atoms. The Bertz CT molecular complexity index is 569. The van der Waals surface area contributed by atoms with Crippen molar-refractivity contribution in [1.29, 1.82) is 0 Å². The molecule has 0 aromatic rings. The van der Waals surface area contributed by atoms with E-state index >= 15 is 0 Å². The Morgan fingerprint density at radius 1 is 1.11 bits per heavy atom. The van der Waals surface area contributed by atoms with E-state index in [2.05, 4.69) is 46.9 Å². The number of ether oxygens (including phenoxy) is 1. The highest BCUT2D eigenvalue weighted by molar-refractivity contribution is 6.12. The highest BCUT2D eigenvalue weighted by Crippen LogP contribution is 2.35. The third kappa shape index (κ3) is 7.04. The molecule has 6 nitrogen and oxygen atoms in total. The predicted molar refractivity (Wildman–Crippen MR) is 111 cm³/mol. The zero-order valence-electron chi connectivity index (χ0n) is 18.5. The molecule has 3 amide bonds. The van der Waals surface area contributed by atoms with Gasteiger partial charge in [0.15, 0.2) is 0 Å². The SMILES string of the molecule is CCC(C)(CCC(=O)NCCN1C(=O)C=CC1=O)OCCC(C)(CC)C(C)C. The summed E-state index contributed by atoms with van der Waals surface area (Å²) in [5.41, 5.74) is -0.0564. The third-order valence-corrected chi connectivity index (χ3v) is 6.51. The molecule has 1 heterocycles. The zero-order valence-corrected chi connectivity index (χ0v) is 18.5. The van der Waals surface area contributed by atoms with Gasteiger partial charge in [-0.05, 0) is 37.5 Å². The van der Waals surface area contributed by atoms with Crippen LogP contribution in [0.2, 0.25) is 0 Å². The Kier molecular flexibility index (Phi) is 9.34. The molecule has 0 spiro atoms. The van der Waals surface area contributed by atoms with Gasteiger partial charge < -0.3 is 10.1 Å². The third-order valence-electron chi connectivity index (χ3n) is 6.51. The molecule has 2 unspecified atom stereocenters. The van der Waals surface area contributed by atoms with Gasteiger partial charge in [0.1, 0.15) is 0 Å². The second kappa shape index (κ2) is 10.7. The van der Waals surface area contributed by atoms with Crippen LogP contribution in [0.1, 0.15) is 73.6 Å². The van der Waals surface area contributed by atoms with Crippen LogP contribution in [-0.4, -0.2) is 47.9 Å². The molecule has 0 fully saturated rings. The van der Waals surface area contributed by atoms with E-state index in [1.807, 2.05) is 0 Å².